The minimum absolute atomic E-state index is 0.107. The van der Waals surface area contributed by atoms with Crippen LogP contribution in [-0.4, -0.2) is 25.0 Å². The lowest BCUT2D eigenvalue weighted by atomic mass is 10.1. The molecule has 1 saturated heterocycles. The van der Waals surface area contributed by atoms with Crippen molar-refractivity contribution in [3.05, 3.63) is 52.5 Å². The highest BCUT2D eigenvalue weighted by Crippen LogP contribution is 2.32. The first-order chi connectivity index (χ1) is 11.9. The molecule has 6 heteroatoms. The number of para-hydroxylation sites is 1. The summed E-state index contributed by atoms with van der Waals surface area (Å²) in [4.78, 5) is 26.6. The molecule has 5 nitrogen and oxygen atoms in total. The highest BCUT2D eigenvalue weighted by Gasteiger charge is 2.40. The van der Waals surface area contributed by atoms with Gasteiger partial charge in [0, 0.05) is 5.69 Å². The van der Waals surface area contributed by atoms with Crippen molar-refractivity contribution in [3.8, 4) is 5.75 Å². The van der Waals surface area contributed by atoms with Crippen molar-refractivity contribution in [1.29, 1.82) is 0 Å². The fourth-order valence-electron chi connectivity index (χ4n) is 3.10. The van der Waals surface area contributed by atoms with Gasteiger partial charge in [-0.15, -0.1) is 0 Å². The topological polar surface area (TPSA) is 58.6 Å². The van der Waals surface area contributed by atoms with Crippen LogP contribution in [0.25, 0.3) is 0 Å². The van der Waals surface area contributed by atoms with Crippen LogP contribution in [0.15, 0.2) is 36.4 Å². The molecule has 1 heterocycles. The number of nitrogens with one attached hydrogen (secondary N) is 1. The van der Waals surface area contributed by atoms with Crippen LogP contribution in [0, 0.1) is 13.8 Å². The minimum Gasteiger partial charge on any atom is -0.495 e. The van der Waals surface area contributed by atoms with Crippen molar-refractivity contribution in [3.63, 3.8) is 0 Å². The molecule has 0 aliphatic carbocycles. The van der Waals surface area contributed by atoms with E-state index in [4.69, 9.17) is 16.3 Å². The molecule has 1 N–H and O–H groups in total. The molecule has 1 atom stereocenters. The molecule has 1 aliphatic heterocycles. The predicted molar refractivity (Wildman–Crippen MR) is 98.4 cm³/mol. The summed E-state index contributed by atoms with van der Waals surface area (Å²) in [6, 6.07) is 10.3. The van der Waals surface area contributed by atoms with Gasteiger partial charge in [0.05, 0.1) is 24.2 Å². The van der Waals surface area contributed by atoms with Crippen LogP contribution in [0.1, 0.15) is 17.5 Å². The fourth-order valence-corrected chi connectivity index (χ4v) is 3.35. The van der Waals surface area contributed by atoms with E-state index in [1.165, 1.54) is 12.0 Å². The van der Waals surface area contributed by atoms with E-state index in [1.807, 2.05) is 32.0 Å². The van der Waals surface area contributed by atoms with Gasteiger partial charge in [0.1, 0.15) is 11.8 Å². The van der Waals surface area contributed by atoms with E-state index in [2.05, 4.69) is 5.32 Å². The van der Waals surface area contributed by atoms with Crippen molar-refractivity contribution in [2.75, 3.05) is 17.3 Å². The molecule has 3 rings (SSSR count). The number of imide groups is 1. The maximum atomic E-state index is 12.8. The van der Waals surface area contributed by atoms with Crippen LogP contribution in [0.2, 0.25) is 5.02 Å². The molecule has 2 aromatic carbocycles. The van der Waals surface area contributed by atoms with Crippen molar-refractivity contribution in [1.82, 2.24) is 0 Å². The zero-order valence-corrected chi connectivity index (χ0v) is 15.1. The van der Waals surface area contributed by atoms with Crippen LogP contribution in [0.4, 0.5) is 11.4 Å². The Morgan fingerprint density at radius 1 is 1.16 bits per heavy atom. The molecular weight excluding hydrogens is 340 g/mol. The average molecular weight is 359 g/mol. The highest BCUT2D eigenvalue weighted by molar-refractivity contribution is 6.32. The van der Waals surface area contributed by atoms with E-state index in [9.17, 15) is 9.59 Å². The van der Waals surface area contributed by atoms with E-state index in [1.54, 1.807) is 18.2 Å². The lowest BCUT2D eigenvalue weighted by Gasteiger charge is -2.20. The molecule has 1 aliphatic rings. The standard InChI is InChI=1S/C19H19ClN2O3/c1-11-5-4-6-12(2)18(11)22-17(23)10-15(19(22)24)21-13-7-8-16(25-3)14(20)9-13/h4-9,15,21H,10H2,1-3H3/t15-/m1/s1. The number of carbonyl (C=O) groups is 2. The number of amides is 2. The first-order valence-corrected chi connectivity index (χ1v) is 8.33. The number of ether oxygens (including phenoxy) is 1. The Kier molecular flexibility index (Phi) is 4.68. The molecule has 0 radical (unpaired) electrons. The highest BCUT2D eigenvalue weighted by atomic mass is 35.5. The molecule has 2 amide bonds. The first kappa shape index (κ1) is 17.3. The Bertz CT molecular complexity index is 830. The Hall–Kier alpha value is -2.53. The van der Waals surface area contributed by atoms with E-state index in [-0.39, 0.29) is 18.2 Å². The average Bonchev–Trinajstić information content (AvgIpc) is 2.82. The van der Waals surface area contributed by atoms with Crippen LogP contribution in [-0.2, 0) is 9.59 Å². The molecule has 2 aromatic rings. The Morgan fingerprint density at radius 3 is 2.44 bits per heavy atom. The first-order valence-electron chi connectivity index (χ1n) is 7.95. The number of rotatable bonds is 4. The van der Waals surface area contributed by atoms with Gasteiger partial charge in [-0.3, -0.25) is 9.59 Å². The summed E-state index contributed by atoms with van der Waals surface area (Å²) in [7, 11) is 1.54. The van der Waals surface area contributed by atoms with Gasteiger partial charge in [0.15, 0.2) is 0 Å². The lowest BCUT2D eigenvalue weighted by Crippen LogP contribution is -2.35. The van der Waals surface area contributed by atoms with Crippen molar-refractivity contribution in [2.45, 2.75) is 26.3 Å². The summed E-state index contributed by atoms with van der Waals surface area (Å²) in [6.45, 7) is 3.79. The van der Waals surface area contributed by atoms with Gasteiger partial charge in [-0.1, -0.05) is 29.8 Å². The normalized spacial score (nSPS) is 17.1. The molecule has 0 saturated carbocycles. The Labute approximate surface area is 151 Å². The fraction of sp³-hybridized carbons (Fsp3) is 0.263. The quantitative estimate of drug-likeness (QED) is 0.846. The second-order valence-corrected chi connectivity index (χ2v) is 6.47. The number of nitrogens with zero attached hydrogens (tertiary/aromatic N) is 1. The lowest BCUT2D eigenvalue weighted by molar-refractivity contribution is -0.121. The summed E-state index contributed by atoms with van der Waals surface area (Å²) in [5.41, 5.74) is 3.14. The van der Waals surface area contributed by atoms with E-state index in [0.29, 0.717) is 22.1 Å². The monoisotopic (exact) mass is 358 g/mol. The maximum absolute atomic E-state index is 12.8. The SMILES string of the molecule is COc1ccc(N[C@@H]2CC(=O)N(c3c(C)cccc3C)C2=O)cc1Cl. The van der Waals surface area contributed by atoms with Gasteiger partial charge in [0.25, 0.3) is 5.91 Å². The third-order valence-corrected chi connectivity index (χ3v) is 4.60. The number of aryl methyl sites for hydroxylation is 2. The predicted octanol–water partition coefficient (Wildman–Crippen LogP) is 3.71. The number of anilines is 2. The summed E-state index contributed by atoms with van der Waals surface area (Å²) in [6.07, 6.45) is 0.107. The third-order valence-electron chi connectivity index (χ3n) is 4.30. The Morgan fingerprint density at radius 2 is 1.84 bits per heavy atom. The zero-order valence-electron chi connectivity index (χ0n) is 14.3. The van der Waals surface area contributed by atoms with E-state index < -0.39 is 6.04 Å². The number of hydrogen-bond donors (Lipinski definition) is 1. The van der Waals surface area contributed by atoms with Crippen LogP contribution < -0.4 is 15.0 Å². The van der Waals surface area contributed by atoms with Crippen molar-refractivity contribution < 1.29 is 14.3 Å². The van der Waals surface area contributed by atoms with Gasteiger partial charge in [-0.05, 0) is 43.2 Å². The summed E-state index contributed by atoms with van der Waals surface area (Å²) in [5.74, 6) is 0.0899. The molecule has 0 unspecified atom stereocenters. The summed E-state index contributed by atoms with van der Waals surface area (Å²) >= 11 is 6.12. The second kappa shape index (κ2) is 6.76. The van der Waals surface area contributed by atoms with E-state index in [0.717, 1.165) is 11.1 Å². The van der Waals surface area contributed by atoms with Gasteiger partial charge < -0.3 is 10.1 Å². The van der Waals surface area contributed by atoms with Crippen molar-refractivity contribution in [2.24, 2.45) is 0 Å². The minimum atomic E-state index is -0.615. The summed E-state index contributed by atoms with van der Waals surface area (Å²) < 4.78 is 5.12. The molecule has 130 valence electrons. The van der Waals surface area contributed by atoms with Gasteiger partial charge in [0.2, 0.25) is 5.91 Å². The molecule has 0 bridgehead atoms. The molecular formula is C19H19ClN2O3. The van der Waals surface area contributed by atoms with Gasteiger partial charge in [-0.2, -0.15) is 0 Å². The molecule has 1 fully saturated rings. The van der Waals surface area contributed by atoms with Crippen molar-refractivity contribution >= 4 is 34.8 Å². The van der Waals surface area contributed by atoms with Crippen LogP contribution >= 0.6 is 11.6 Å². The van der Waals surface area contributed by atoms with Crippen LogP contribution in [0.3, 0.4) is 0 Å². The van der Waals surface area contributed by atoms with Crippen LogP contribution in [0.5, 0.6) is 5.75 Å². The maximum Gasteiger partial charge on any atom is 0.256 e. The second-order valence-electron chi connectivity index (χ2n) is 6.06. The zero-order chi connectivity index (χ0) is 18.1. The molecule has 25 heavy (non-hydrogen) atoms. The molecule has 0 spiro atoms. The van der Waals surface area contributed by atoms with Gasteiger partial charge >= 0.3 is 0 Å². The number of methoxy groups -OCH3 is 1. The smallest absolute Gasteiger partial charge is 0.256 e. The Balaban J connectivity index is 1.85. The molecule has 0 aromatic heterocycles. The van der Waals surface area contributed by atoms with Gasteiger partial charge in [-0.25, -0.2) is 4.90 Å². The largest absolute Gasteiger partial charge is 0.495 e. The summed E-state index contributed by atoms with van der Waals surface area (Å²) in [5, 5.41) is 3.54. The number of hydrogen-bond acceptors (Lipinski definition) is 4. The number of halogens is 1. The third kappa shape index (κ3) is 3.20. The number of benzene rings is 2. The number of carbonyl (C=O) groups excluding carboxylic acids is 2. The van der Waals surface area contributed by atoms with E-state index >= 15 is 0 Å².